The van der Waals surface area contributed by atoms with Crippen LogP contribution in [0.4, 0.5) is 0 Å². The van der Waals surface area contributed by atoms with E-state index in [9.17, 15) is 0 Å². The van der Waals surface area contributed by atoms with E-state index in [4.69, 9.17) is 16.3 Å². The smallest absolute Gasteiger partial charge is 0.216 e. The van der Waals surface area contributed by atoms with Gasteiger partial charge in [-0.05, 0) is 19.4 Å². The van der Waals surface area contributed by atoms with Crippen LogP contribution in [0, 0.1) is 0 Å². The molecule has 1 aromatic heterocycles. The summed E-state index contributed by atoms with van der Waals surface area (Å²) in [5.41, 5.74) is 1.98. The maximum absolute atomic E-state index is 6.40. The number of ether oxygens (including phenoxy) is 1. The van der Waals surface area contributed by atoms with Gasteiger partial charge in [-0.15, -0.1) is 11.6 Å². The molecule has 2 rings (SSSR count). The fraction of sp³-hybridized carbons (Fsp3) is 0.333. The highest BCUT2D eigenvalue weighted by Gasteiger charge is 2.10. The van der Waals surface area contributed by atoms with Crippen molar-refractivity contribution in [1.29, 1.82) is 0 Å². The summed E-state index contributed by atoms with van der Waals surface area (Å²) < 4.78 is 5.55. The molecule has 1 aromatic carbocycles. The highest BCUT2D eigenvalue weighted by Crippen LogP contribution is 2.24. The van der Waals surface area contributed by atoms with Crippen LogP contribution < -0.4 is 4.74 Å². The van der Waals surface area contributed by atoms with Gasteiger partial charge in [-0.3, -0.25) is 0 Å². The molecule has 2 aromatic rings. The monoisotopic (exact) mass is 276 g/mol. The molecular weight excluding hydrogens is 260 g/mol. The quantitative estimate of drug-likeness (QED) is 0.780. The van der Waals surface area contributed by atoms with Crippen LogP contribution in [-0.2, 0) is 6.42 Å². The Hall–Kier alpha value is -1.61. The molecule has 0 bridgehead atoms. The van der Waals surface area contributed by atoms with Crippen molar-refractivity contribution in [2.45, 2.75) is 31.7 Å². The maximum atomic E-state index is 6.40. The lowest BCUT2D eigenvalue weighted by Crippen LogP contribution is -2.08. The van der Waals surface area contributed by atoms with E-state index in [0.717, 1.165) is 11.3 Å². The Morgan fingerprint density at radius 1 is 1.16 bits per heavy atom. The molecule has 0 aliphatic rings. The van der Waals surface area contributed by atoms with Crippen molar-refractivity contribution in [2.75, 3.05) is 0 Å². The molecule has 0 aliphatic carbocycles. The number of benzene rings is 1. The van der Waals surface area contributed by atoms with Crippen molar-refractivity contribution in [3.05, 3.63) is 54.0 Å². The Labute approximate surface area is 118 Å². The second kappa shape index (κ2) is 6.53. The van der Waals surface area contributed by atoms with E-state index in [2.05, 4.69) is 9.97 Å². The average molecular weight is 277 g/mol. The molecule has 4 heteroatoms. The van der Waals surface area contributed by atoms with Gasteiger partial charge in [0.25, 0.3) is 0 Å². The van der Waals surface area contributed by atoms with Crippen LogP contribution in [0.2, 0.25) is 0 Å². The van der Waals surface area contributed by atoms with Gasteiger partial charge in [0.15, 0.2) is 0 Å². The Morgan fingerprint density at radius 3 is 2.58 bits per heavy atom. The maximum Gasteiger partial charge on any atom is 0.216 e. The van der Waals surface area contributed by atoms with Crippen LogP contribution in [0.25, 0.3) is 0 Å². The topological polar surface area (TPSA) is 35.0 Å². The first-order valence-corrected chi connectivity index (χ1v) is 6.75. The molecular formula is C15H17ClN2O. The normalized spacial score (nSPS) is 12.4. The van der Waals surface area contributed by atoms with Crippen molar-refractivity contribution in [3.63, 3.8) is 0 Å². The minimum Gasteiger partial charge on any atom is -0.475 e. The van der Waals surface area contributed by atoms with Gasteiger partial charge in [-0.25, -0.2) is 9.97 Å². The van der Waals surface area contributed by atoms with Gasteiger partial charge < -0.3 is 4.74 Å². The summed E-state index contributed by atoms with van der Waals surface area (Å²) in [5.74, 6) is 0.594. The third-order valence-corrected chi connectivity index (χ3v) is 3.01. The lowest BCUT2D eigenvalue weighted by Gasteiger charge is -2.11. The van der Waals surface area contributed by atoms with Gasteiger partial charge in [0.1, 0.15) is 6.33 Å². The summed E-state index contributed by atoms with van der Waals surface area (Å²) in [6.07, 6.45) is 2.27. The molecule has 0 saturated carbocycles. The standard InChI is InChI=1S/C15H17ClN2O/c1-11(2)19-15-9-13(17-10-18-15)8-14(16)12-6-4-3-5-7-12/h3-7,9-11,14H,8H2,1-2H3. The molecule has 19 heavy (non-hydrogen) atoms. The minimum absolute atomic E-state index is 0.0944. The molecule has 1 atom stereocenters. The second-order valence-corrected chi connectivity index (χ2v) is 5.12. The van der Waals surface area contributed by atoms with E-state index in [0.29, 0.717) is 12.3 Å². The molecule has 1 unspecified atom stereocenters. The molecule has 0 spiro atoms. The molecule has 0 radical (unpaired) electrons. The number of aromatic nitrogens is 2. The van der Waals surface area contributed by atoms with Crippen molar-refractivity contribution >= 4 is 11.6 Å². The van der Waals surface area contributed by atoms with Crippen LogP contribution in [0.3, 0.4) is 0 Å². The zero-order chi connectivity index (χ0) is 13.7. The number of rotatable bonds is 5. The highest BCUT2D eigenvalue weighted by atomic mass is 35.5. The van der Waals surface area contributed by atoms with Crippen molar-refractivity contribution in [3.8, 4) is 5.88 Å². The SMILES string of the molecule is CC(C)Oc1cc(CC(Cl)c2ccccc2)ncn1. The molecule has 3 nitrogen and oxygen atoms in total. The van der Waals surface area contributed by atoms with E-state index < -0.39 is 0 Å². The molecule has 1 heterocycles. The number of hydrogen-bond donors (Lipinski definition) is 0. The number of nitrogens with zero attached hydrogens (tertiary/aromatic N) is 2. The number of hydrogen-bond acceptors (Lipinski definition) is 3. The van der Waals surface area contributed by atoms with E-state index in [1.165, 1.54) is 6.33 Å². The molecule has 0 aliphatic heterocycles. The Kier molecular flexibility index (Phi) is 4.74. The summed E-state index contributed by atoms with van der Waals surface area (Å²) in [6.45, 7) is 3.94. The fourth-order valence-electron chi connectivity index (χ4n) is 1.76. The Balaban J connectivity index is 2.06. The van der Waals surface area contributed by atoms with E-state index in [1.807, 2.05) is 50.2 Å². The molecule has 0 N–H and O–H groups in total. The highest BCUT2D eigenvalue weighted by molar-refractivity contribution is 6.20. The largest absolute Gasteiger partial charge is 0.475 e. The molecule has 0 amide bonds. The fourth-order valence-corrected chi connectivity index (χ4v) is 2.06. The second-order valence-electron chi connectivity index (χ2n) is 4.60. The van der Waals surface area contributed by atoms with Crippen LogP contribution in [-0.4, -0.2) is 16.1 Å². The average Bonchev–Trinajstić information content (AvgIpc) is 2.39. The van der Waals surface area contributed by atoms with E-state index >= 15 is 0 Å². The molecule has 0 saturated heterocycles. The third-order valence-electron chi connectivity index (χ3n) is 2.60. The van der Waals surface area contributed by atoms with Crippen LogP contribution in [0.5, 0.6) is 5.88 Å². The summed E-state index contributed by atoms with van der Waals surface area (Å²) in [7, 11) is 0. The van der Waals surface area contributed by atoms with Crippen molar-refractivity contribution in [1.82, 2.24) is 9.97 Å². The number of halogens is 1. The molecule has 0 fully saturated rings. The first kappa shape index (κ1) is 13.8. The molecule has 100 valence electrons. The minimum atomic E-state index is -0.0944. The van der Waals surface area contributed by atoms with Gasteiger partial charge in [0.2, 0.25) is 5.88 Å². The lowest BCUT2D eigenvalue weighted by atomic mass is 10.1. The first-order chi connectivity index (χ1) is 9.15. The van der Waals surface area contributed by atoms with Gasteiger partial charge in [-0.1, -0.05) is 30.3 Å². The van der Waals surface area contributed by atoms with Gasteiger partial charge >= 0.3 is 0 Å². The van der Waals surface area contributed by atoms with E-state index in [-0.39, 0.29) is 11.5 Å². The Bertz CT molecular complexity index is 517. The summed E-state index contributed by atoms with van der Waals surface area (Å²) in [4.78, 5) is 8.32. The third kappa shape index (κ3) is 4.21. The predicted molar refractivity (Wildman–Crippen MR) is 76.5 cm³/mol. The van der Waals surface area contributed by atoms with Crippen molar-refractivity contribution in [2.24, 2.45) is 0 Å². The summed E-state index contributed by atoms with van der Waals surface area (Å²) >= 11 is 6.40. The Morgan fingerprint density at radius 2 is 1.89 bits per heavy atom. The van der Waals surface area contributed by atoms with Gasteiger partial charge in [0.05, 0.1) is 11.5 Å². The van der Waals surface area contributed by atoms with Crippen molar-refractivity contribution < 1.29 is 4.74 Å². The van der Waals surface area contributed by atoms with Gasteiger partial charge in [0, 0.05) is 18.2 Å². The lowest BCUT2D eigenvalue weighted by molar-refractivity contribution is 0.232. The van der Waals surface area contributed by atoms with Crippen LogP contribution in [0.1, 0.15) is 30.5 Å². The summed E-state index contributed by atoms with van der Waals surface area (Å²) in [6, 6.07) is 11.8. The first-order valence-electron chi connectivity index (χ1n) is 6.31. The predicted octanol–water partition coefficient (Wildman–Crippen LogP) is 3.79. The summed E-state index contributed by atoms with van der Waals surface area (Å²) in [5, 5.41) is -0.0944. The van der Waals surface area contributed by atoms with Crippen LogP contribution in [0.15, 0.2) is 42.7 Å². The zero-order valence-electron chi connectivity index (χ0n) is 11.1. The van der Waals surface area contributed by atoms with Crippen LogP contribution >= 0.6 is 11.6 Å². The van der Waals surface area contributed by atoms with E-state index in [1.54, 1.807) is 0 Å². The number of alkyl halides is 1. The van der Waals surface area contributed by atoms with Gasteiger partial charge in [-0.2, -0.15) is 0 Å². The zero-order valence-corrected chi connectivity index (χ0v) is 11.8.